The number of hydrogen-bond acceptors (Lipinski definition) is 4. The van der Waals surface area contributed by atoms with Gasteiger partial charge in [0.05, 0.1) is 12.2 Å². The molecule has 1 aliphatic heterocycles. The molecule has 1 aromatic carbocycles. The number of rotatable bonds is 6. The van der Waals surface area contributed by atoms with E-state index in [1.807, 2.05) is 38.1 Å². The van der Waals surface area contributed by atoms with Gasteiger partial charge in [-0.25, -0.2) is 0 Å². The molecule has 0 saturated carbocycles. The summed E-state index contributed by atoms with van der Waals surface area (Å²) in [6.07, 6.45) is 1.21. The van der Waals surface area contributed by atoms with Gasteiger partial charge in [0.15, 0.2) is 0 Å². The van der Waals surface area contributed by atoms with E-state index >= 15 is 0 Å². The third-order valence-electron chi connectivity index (χ3n) is 4.20. The van der Waals surface area contributed by atoms with Crippen LogP contribution in [0.5, 0.6) is 5.75 Å². The zero-order chi connectivity index (χ0) is 16.8. The van der Waals surface area contributed by atoms with Crippen LogP contribution in [0.3, 0.4) is 0 Å². The predicted octanol–water partition coefficient (Wildman–Crippen LogP) is 1.97. The lowest BCUT2D eigenvalue weighted by molar-refractivity contribution is -0.126. The summed E-state index contributed by atoms with van der Waals surface area (Å²) in [5.41, 5.74) is 0.782. The number of nitrogens with zero attached hydrogens (tertiary/aromatic N) is 1. The van der Waals surface area contributed by atoms with Crippen LogP contribution in [-0.4, -0.2) is 48.7 Å². The highest BCUT2D eigenvalue weighted by molar-refractivity contribution is 5.78. The second-order valence-corrected chi connectivity index (χ2v) is 6.57. The summed E-state index contributed by atoms with van der Waals surface area (Å²) in [6, 6.07) is 7.36. The first-order chi connectivity index (χ1) is 11.0. The second-order valence-electron chi connectivity index (χ2n) is 6.57. The maximum absolute atomic E-state index is 12.2. The molecule has 5 nitrogen and oxygen atoms in total. The molecule has 1 aliphatic rings. The van der Waals surface area contributed by atoms with Crippen molar-refractivity contribution >= 4 is 5.91 Å². The predicted molar refractivity (Wildman–Crippen MR) is 90.4 cm³/mol. The Hall–Kier alpha value is -1.59. The van der Waals surface area contributed by atoms with E-state index in [2.05, 4.69) is 17.3 Å². The molecule has 5 heteroatoms. The highest BCUT2D eigenvalue weighted by atomic mass is 16.5. The molecule has 1 atom stereocenters. The van der Waals surface area contributed by atoms with Crippen LogP contribution < -0.4 is 10.1 Å². The molecule has 1 aromatic rings. The van der Waals surface area contributed by atoms with Crippen molar-refractivity contribution in [3.05, 3.63) is 29.8 Å². The number of ether oxygens (including phenoxy) is 1. The molecule has 1 amide bonds. The van der Waals surface area contributed by atoms with E-state index in [0.717, 1.165) is 37.2 Å². The zero-order valence-electron chi connectivity index (χ0n) is 14.3. The SMILES string of the molecule is CC(C)Oc1ccc(C(O)CNC(=O)C2CCN(C)CC2)cc1. The number of amides is 1. The van der Waals surface area contributed by atoms with Crippen molar-refractivity contribution < 1.29 is 14.6 Å². The molecule has 1 unspecified atom stereocenters. The Kier molecular flexibility index (Phi) is 6.42. The number of carbonyl (C=O) groups excluding carboxylic acids is 1. The van der Waals surface area contributed by atoms with Crippen LogP contribution >= 0.6 is 0 Å². The van der Waals surface area contributed by atoms with E-state index < -0.39 is 6.10 Å². The quantitative estimate of drug-likeness (QED) is 0.841. The molecule has 0 bridgehead atoms. The maximum atomic E-state index is 12.2. The third-order valence-corrected chi connectivity index (χ3v) is 4.20. The van der Waals surface area contributed by atoms with Crippen LogP contribution in [0.2, 0.25) is 0 Å². The van der Waals surface area contributed by atoms with Crippen LogP contribution in [0.15, 0.2) is 24.3 Å². The summed E-state index contributed by atoms with van der Waals surface area (Å²) in [4.78, 5) is 14.4. The molecular formula is C18H28N2O3. The van der Waals surface area contributed by atoms with Gasteiger partial charge in [-0.3, -0.25) is 4.79 Å². The van der Waals surface area contributed by atoms with Gasteiger partial charge in [-0.15, -0.1) is 0 Å². The van der Waals surface area contributed by atoms with Gasteiger partial charge < -0.3 is 20.1 Å². The Morgan fingerprint density at radius 1 is 1.30 bits per heavy atom. The molecule has 23 heavy (non-hydrogen) atoms. The van der Waals surface area contributed by atoms with Crippen LogP contribution in [0.1, 0.15) is 38.4 Å². The summed E-state index contributed by atoms with van der Waals surface area (Å²) < 4.78 is 5.58. The molecule has 128 valence electrons. The molecule has 0 radical (unpaired) electrons. The zero-order valence-corrected chi connectivity index (χ0v) is 14.3. The highest BCUT2D eigenvalue weighted by Crippen LogP contribution is 2.19. The fourth-order valence-corrected chi connectivity index (χ4v) is 2.77. The van der Waals surface area contributed by atoms with Gasteiger partial charge in [-0.2, -0.15) is 0 Å². The van der Waals surface area contributed by atoms with Crippen LogP contribution in [-0.2, 0) is 4.79 Å². The van der Waals surface area contributed by atoms with E-state index in [1.165, 1.54) is 0 Å². The van der Waals surface area contributed by atoms with Gasteiger partial charge in [0.25, 0.3) is 0 Å². The number of aliphatic hydroxyl groups excluding tert-OH is 1. The van der Waals surface area contributed by atoms with Crippen molar-refractivity contribution in [3.63, 3.8) is 0 Å². The molecule has 0 aromatic heterocycles. The highest BCUT2D eigenvalue weighted by Gasteiger charge is 2.23. The first-order valence-corrected chi connectivity index (χ1v) is 8.36. The van der Waals surface area contributed by atoms with Crippen molar-refractivity contribution in [1.82, 2.24) is 10.2 Å². The van der Waals surface area contributed by atoms with Crippen LogP contribution in [0.25, 0.3) is 0 Å². The van der Waals surface area contributed by atoms with Crippen molar-refractivity contribution in [2.24, 2.45) is 5.92 Å². The molecule has 1 heterocycles. The minimum Gasteiger partial charge on any atom is -0.491 e. The molecule has 1 saturated heterocycles. The Balaban J connectivity index is 1.79. The van der Waals surface area contributed by atoms with E-state index in [4.69, 9.17) is 4.74 Å². The molecular weight excluding hydrogens is 292 g/mol. The average Bonchev–Trinajstić information content (AvgIpc) is 2.53. The van der Waals surface area contributed by atoms with Crippen LogP contribution in [0, 0.1) is 5.92 Å². The minimum atomic E-state index is -0.696. The first-order valence-electron chi connectivity index (χ1n) is 8.36. The van der Waals surface area contributed by atoms with Crippen molar-refractivity contribution in [1.29, 1.82) is 0 Å². The van der Waals surface area contributed by atoms with Crippen molar-refractivity contribution in [3.8, 4) is 5.75 Å². The largest absolute Gasteiger partial charge is 0.491 e. The fourth-order valence-electron chi connectivity index (χ4n) is 2.77. The van der Waals surface area contributed by atoms with E-state index in [0.29, 0.717) is 0 Å². The maximum Gasteiger partial charge on any atom is 0.223 e. The summed E-state index contributed by atoms with van der Waals surface area (Å²) >= 11 is 0. The number of likely N-dealkylation sites (tertiary alicyclic amines) is 1. The van der Waals surface area contributed by atoms with Gasteiger partial charge in [-0.1, -0.05) is 12.1 Å². The Morgan fingerprint density at radius 3 is 2.48 bits per heavy atom. The topological polar surface area (TPSA) is 61.8 Å². The Morgan fingerprint density at radius 2 is 1.91 bits per heavy atom. The van der Waals surface area contributed by atoms with Gasteiger partial charge in [0.2, 0.25) is 5.91 Å². The molecule has 0 spiro atoms. The number of aliphatic hydroxyl groups is 1. The smallest absolute Gasteiger partial charge is 0.223 e. The first kappa shape index (κ1) is 17.8. The number of nitrogens with one attached hydrogen (secondary N) is 1. The van der Waals surface area contributed by atoms with E-state index in [-0.39, 0.29) is 24.5 Å². The van der Waals surface area contributed by atoms with E-state index in [1.54, 1.807) is 0 Å². The standard InChI is InChI=1S/C18H28N2O3/c1-13(2)23-16-6-4-14(5-7-16)17(21)12-19-18(22)15-8-10-20(3)11-9-15/h4-7,13,15,17,21H,8-12H2,1-3H3,(H,19,22). The number of carbonyl (C=O) groups is 1. The average molecular weight is 320 g/mol. The summed E-state index contributed by atoms with van der Waals surface area (Å²) in [7, 11) is 2.07. The summed E-state index contributed by atoms with van der Waals surface area (Å²) in [5.74, 6) is 0.906. The molecule has 0 aliphatic carbocycles. The summed E-state index contributed by atoms with van der Waals surface area (Å²) in [5, 5.41) is 13.1. The van der Waals surface area contributed by atoms with Crippen molar-refractivity contribution in [2.45, 2.75) is 38.9 Å². The van der Waals surface area contributed by atoms with Crippen LogP contribution in [0.4, 0.5) is 0 Å². The lowest BCUT2D eigenvalue weighted by atomic mass is 9.96. The van der Waals surface area contributed by atoms with Gasteiger partial charge >= 0.3 is 0 Å². The Labute approximate surface area is 138 Å². The number of hydrogen-bond donors (Lipinski definition) is 2. The lowest BCUT2D eigenvalue weighted by Crippen LogP contribution is -2.40. The molecule has 2 rings (SSSR count). The Bertz CT molecular complexity index is 493. The minimum absolute atomic E-state index is 0.0527. The van der Waals surface area contributed by atoms with Gasteiger partial charge in [0, 0.05) is 12.5 Å². The lowest BCUT2D eigenvalue weighted by Gasteiger charge is -2.28. The fraction of sp³-hybridized carbons (Fsp3) is 0.611. The monoisotopic (exact) mass is 320 g/mol. The normalized spacial score (nSPS) is 18.0. The number of piperidine rings is 1. The molecule has 1 fully saturated rings. The third kappa shape index (κ3) is 5.52. The van der Waals surface area contributed by atoms with Gasteiger partial charge in [0.1, 0.15) is 5.75 Å². The second kappa shape index (κ2) is 8.31. The summed E-state index contributed by atoms with van der Waals surface area (Å²) in [6.45, 7) is 6.11. The van der Waals surface area contributed by atoms with Gasteiger partial charge in [-0.05, 0) is 64.5 Å². The van der Waals surface area contributed by atoms with E-state index in [9.17, 15) is 9.90 Å². The van der Waals surface area contributed by atoms with Crippen molar-refractivity contribution in [2.75, 3.05) is 26.7 Å². The molecule has 2 N–H and O–H groups in total. The number of benzene rings is 1.